The zero-order chi connectivity index (χ0) is 18.1. The number of hydrogen-bond donors (Lipinski definition) is 2. The highest BCUT2D eigenvalue weighted by molar-refractivity contribution is 7.99. The summed E-state index contributed by atoms with van der Waals surface area (Å²) < 4.78 is 4.96. The SMILES string of the molecule is CCNC(=O)NC(=O)COC(=O)c1cccnc1Sc1ccccc1. The first-order valence-corrected chi connectivity index (χ1v) is 8.34. The number of ether oxygens (including phenoxy) is 1. The van der Waals surface area contributed by atoms with Gasteiger partial charge in [0.15, 0.2) is 6.61 Å². The van der Waals surface area contributed by atoms with Gasteiger partial charge in [0.2, 0.25) is 0 Å². The Morgan fingerprint density at radius 1 is 1.12 bits per heavy atom. The van der Waals surface area contributed by atoms with E-state index in [-0.39, 0.29) is 5.56 Å². The Labute approximate surface area is 149 Å². The maximum Gasteiger partial charge on any atom is 0.341 e. The molecule has 2 N–H and O–H groups in total. The topological polar surface area (TPSA) is 97.4 Å². The molecule has 0 aliphatic carbocycles. The summed E-state index contributed by atoms with van der Waals surface area (Å²) in [5.74, 6) is -1.39. The van der Waals surface area contributed by atoms with Crippen molar-refractivity contribution in [3.63, 3.8) is 0 Å². The minimum Gasteiger partial charge on any atom is -0.452 e. The fourth-order valence-electron chi connectivity index (χ4n) is 1.80. The van der Waals surface area contributed by atoms with E-state index in [4.69, 9.17) is 4.74 Å². The smallest absolute Gasteiger partial charge is 0.341 e. The number of benzene rings is 1. The Kier molecular flexibility index (Phi) is 6.97. The number of pyridine rings is 1. The van der Waals surface area contributed by atoms with E-state index in [1.165, 1.54) is 11.8 Å². The maximum atomic E-state index is 12.2. The summed E-state index contributed by atoms with van der Waals surface area (Å²) in [6.07, 6.45) is 1.57. The van der Waals surface area contributed by atoms with E-state index in [0.717, 1.165) is 4.90 Å². The Bertz CT molecular complexity index is 753. The van der Waals surface area contributed by atoms with Gasteiger partial charge in [-0.2, -0.15) is 0 Å². The first kappa shape index (κ1) is 18.5. The molecule has 25 heavy (non-hydrogen) atoms. The number of urea groups is 1. The van der Waals surface area contributed by atoms with Crippen LogP contribution < -0.4 is 10.6 Å². The van der Waals surface area contributed by atoms with Crippen LogP contribution in [0, 0.1) is 0 Å². The molecule has 1 heterocycles. The Balaban J connectivity index is 1.98. The lowest BCUT2D eigenvalue weighted by molar-refractivity contribution is -0.123. The summed E-state index contributed by atoms with van der Waals surface area (Å²) in [5, 5.41) is 4.94. The van der Waals surface area contributed by atoms with E-state index >= 15 is 0 Å². The van der Waals surface area contributed by atoms with Crippen LogP contribution in [-0.4, -0.2) is 36.0 Å². The molecule has 1 aromatic heterocycles. The molecule has 0 radical (unpaired) electrons. The molecule has 1 aromatic carbocycles. The van der Waals surface area contributed by atoms with Crippen LogP contribution in [0.4, 0.5) is 4.79 Å². The largest absolute Gasteiger partial charge is 0.452 e. The zero-order valence-corrected chi connectivity index (χ0v) is 14.3. The van der Waals surface area contributed by atoms with E-state index in [0.29, 0.717) is 11.6 Å². The average Bonchev–Trinajstić information content (AvgIpc) is 2.61. The molecule has 2 aromatic rings. The second-order valence-corrected chi connectivity index (χ2v) is 5.82. The molecular weight excluding hydrogens is 342 g/mol. The van der Waals surface area contributed by atoms with Crippen LogP contribution in [0.1, 0.15) is 17.3 Å². The lowest BCUT2D eigenvalue weighted by Gasteiger charge is -2.09. The van der Waals surface area contributed by atoms with Gasteiger partial charge in [0, 0.05) is 17.6 Å². The minimum atomic E-state index is -0.708. The monoisotopic (exact) mass is 359 g/mol. The van der Waals surface area contributed by atoms with Gasteiger partial charge < -0.3 is 10.1 Å². The number of aromatic nitrogens is 1. The van der Waals surface area contributed by atoms with Crippen molar-refractivity contribution in [3.8, 4) is 0 Å². The van der Waals surface area contributed by atoms with Crippen LogP contribution in [0.5, 0.6) is 0 Å². The van der Waals surface area contributed by atoms with E-state index in [2.05, 4.69) is 15.6 Å². The Morgan fingerprint density at radius 2 is 1.88 bits per heavy atom. The number of rotatable bonds is 6. The quantitative estimate of drug-likeness (QED) is 0.768. The van der Waals surface area contributed by atoms with Crippen molar-refractivity contribution in [1.82, 2.24) is 15.6 Å². The molecular formula is C17H17N3O4S. The lowest BCUT2D eigenvalue weighted by atomic mass is 10.3. The van der Waals surface area contributed by atoms with Crippen molar-refractivity contribution < 1.29 is 19.1 Å². The third-order valence-electron chi connectivity index (χ3n) is 2.87. The Hall–Kier alpha value is -2.87. The van der Waals surface area contributed by atoms with Gasteiger partial charge in [-0.3, -0.25) is 10.1 Å². The highest BCUT2D eigenvalue weighted by Gasteiger charge is 2.17. The van der Waals surface area contributed by atoms with Gasteiger partial charge in [-0.1, -0.05) is 30.0 Å². The normalized spacial score (nSPS) is 9.96. The molecule has 0 atom stereocenters. The van der Waals surface area contributed by atoms with Crippen molar-refractivity contribution >= 4 is 29.7 Å². The molecule has 0 fully saturated rings. The second kappa shape index (κ2) is 9.43. The van der Waals surface area contributed by atoms with Gasteiger partial charge in [0.1, 0.15) is 5.03 Å². The number of esters is 1. The molecule has 8 heteroatoms. The summed E-state index contributed by atoms with van der Waals surface area (Å²) >= 11 is 1.32. The number of nitrogens with zero attached hydrogens (tertiary/aromatic N) is 1. The number of nitrogens with one attached hydrogen (secondary N) is 2. The van der Waals surface area contributed by atoms with Crippen LogP contribution in [-0.2, 0) is 9.53 Å². The second-order valence-electron chi connectivity index (χ2n) is 4.75. The maximum absolute atomic E-state index is 12.2. The molecule has 0 unspecified atom stereocenters. The Morgan fingerprint density at radius 3 is 2.60 bits per heavy atom. The molecule has 2 rings (SSSR count). The number of carbonyl (C=O) groups excluding carboxylic acids is 3. The van der Waals surface area contributed by atoms with Crippen LogP contribution >= 0.6 is 11.8 Å². The van der Waals surface area contributed by atoms with Gasteiger partial charge in [0.05, 0.1) is 5.56 Å². The van der Waals surface area contributed by atoms with E-state index in [1.54, 1.807) is 25.3 Å². The number of imide groups is 1. The predicted molar refractivity (Wildman–Crippen MR) is 92.3 cm³/mol. The summed E-state index contributed by atoms with van der Waals surface area (Å²) in [6.45, 7) is 1.55. The van der Waals surface area contributed by atoms with Crippen molar-refractivity contribution in [3.05, 3.63) is 54.2 Å². The van der Waals surface area contributed by atoms with Crippen LogP contribution in [0.2, 0.25) is 0 Å². The molecule has 0 aliphatic rings. The number of carbonyl (C=O) groups is 3. The third-order valence-corrected chi connectivity index (χ3v) is 3.90. The van der Waals surface area contributed by atoms with Gasteiger partial charge >= 0.3 is 12.0 Å². The first-order chi connectivity index (χ1) is 12.1. The lowest BCUT2D eigenvalue weighted by Crippen LogP contribution is -2.41. The highest BCUT2D eigenvalue weighted by atomic mass is 32.2. The molecule has 0 bridgehead atoms. The van der Waals surface area contributed by atoms with Crippen LogP contribution in [0.3, 0.4) is 0 Å². The molecule has 130 valence electrons. The molecule has 0 saturated carbocycles. The van der Waals surface area contributed by atoms with E-state index in [1.807, 2.05) is 30.3 Å². The molecule has 0 saturated heterocycles. The predicted octanol–water partition coefficient (Wildman–Crippen LogP) is 2.24. The highest BCUT2D eigenvalue weighted by Crippen LogP contribution is 2.28. The van der Waals surface area contributed by atoms with E-state index in [9.17, 15) is 14.4 Å². The van der Waals surface area contributed by atoms with E-state index < -0.39 is 24.5 Å². The molecule has 0 spiro atoms. The van der Waals surface area contributed by atoms with Crippen LogP contribution in [0.15, 0.2) is 58.6 Å². The van der Waals surface area contributed by atoms with Crippen molar-refractivity contribution in [2.45, 2.75) is 16.8 Å². The third kappa shape index (κ3) is 5.92. The van der Waals surface area contributed by atoms with Crippen molar-refractivity contribution in [2.24, 2.45) is 0 Å². The average molecular weight is 359 g/mol. The fourth-order valence-corrected chi connectivity index (χ4v) is 2.70. The van der Waals surface area contributed by atoms with Crippen molar-refractivity contribution in [1.29, 1.82) is 0 Å². The first-order valence-electron chi connectivity index (χ1n) is 7.53. The fraction of sp³-hybridized carbons (Fsp3) is 0.176. The summed E-state index contributed by atoms with van der Waals surface area (Å²) in [6, 6.07) is 12.0. The van der Waals surface area contributed by atoms with Gasteiger partial charge in [-0.25, -0.2) is 14.6 Å². The standard InChI is InChI=1S/C17H17N3O4S/c1-2-18-17(23)20-14(21)11-24-16(22)13-9-6-10-19-15(13)25-12-7-4-3-5-8-12/h3-10H,2,11H2,1H3,(H2,18,20,21,23). The number of amides is 3. The zero-order valence-electron chi connectivity index (χ0n) is 13.5. The molecule has 3 amide bonds. The van der Waals surface area contributed by atoms with Gasteiger partial charge in [-0.05, 0) is 31.2 Å². The molecule has 7 nitrogen and oxygen atoms in total. The van der Waals surface area contributed by atoms with Gasteiger partial charge in [0.25, 0.3) is 5.91 Å². The summed E-state index contributed by atoms with van der Waals surface area (Å²) in [4.78, 5) is 40.1. The summed E-state index contributed by atoms with van der Waals surface area (Å²) in [5.41, 5.74) is 0.252. The minimum absolute atomic E-state index is 0.252. The summed E-state index contributed by atoms with van der Waals surface area (Å²) in [7, 11) is 0. The van der Waals surface area contributed by atoms with Gasteiger partial charge in [-0.15, -0.1) is 0 Å². The van der Waals surface area contributed by atoms with Crippen LogP contribution in [0.25, 0.3) is 0 Å². The number of hydrogen-bond acceptors (Lipinski definition) is 6. The van der Waals surface area contributed by atoms with Crippen molar-refractivity contribution in [2.75, 3.05) is 13.2 Å². The molecule has 0 aliphatic heterocycles.